The van der Waals surface area contributed by atoms with Crippen LogP contribution >= 0.6 is 11.8 Å². The van der Waals surface area contributed by atoms with Gasteiger partial charge >= 0.3 is 0 Å². The highest BCUT2D eigenvalue weighted by Crippen LogP contribution is 2.25. The summed E-state index contributed by atoms with van der Waals surface area (Å²) in [6.45, 7) is 3.69. The molecule has 2 aromatic rings. The SMILES string of the molecule is CCC(C(=O)Nc1cccc(SC)c1)N(c1cccc(C)c1)S(C)(=O)=O. The smallest absolute Gasteiger partial charge is 0.248 e. The fourth-order valence-electron chi connectivity index (χ4n) is 2.75. The van der Waals surface area contributed by atoms with Crippen molar-refractivity contribution in [2.75, 3.05) is 22.1 Å². The molecule has 1 N–H and O–H groups in total. The summed E-state index contributed by atoms with van der Waals surface area (Å²) in [4.78, 5) is 13.9. The Bertz CT molecular complexity index is 882. The van der Waals surface area contributed by atoms with Gasteiger partial charge in [-0.25, -0.2) is 8.42 Å². The first kappa shape index (κ1) is 20.3. The van der Waals surface area contributed by atoms with E-state index in [1.807, 2.05) is 37.4 Å². The minimum absolute atomic E-state index is 0.349. The number of rotatable bonds is 7. The van der Waals surface area contributed by atoms with Gasteiger partial charge in [-0.2, -0.15) is 0 Å². The number of sulfonamides is 1. The van der Waals surface area contributed by atoms with Crippen LogP contribution in [-0.2, 0) is 14.8 Å². The van der Waals surface area contributed by atoms with Gasteiger partial charge in [0, 0.05) is 10.6 Å². The van der Waals surface area contributed by atoms with Gasteiger partial charge in [-0.05, 0) is 55.5 Å². The minimum Gasteiger partial charge on any atom is -0.324 e. The van der Waals surface area contributed by atoms with Crippen molar-refractivity contribution in [3.05, 3.63) is 54.1 Å². The molecule has 1 unspecified atom stereocenters. The number of nitrogens with zero attached hydrogens (tertiary/aromatic N) is 1. The largest absolute Gasteiger partial charge is 0.324 e. The Morgan fingerprint density at radius 2 is 1.88 bits per heavy atom. The van der Waals surface area contributed by atoms with E-state index in [-0.39, 0.29) is 5.91 Å². The summed E-state index contributed by atoms with van der Waals surface area (Å²) in [5.41, 5.74) is 2.07. The quantitative estimate of drug-likeness (QED) is 0.726. The summed E-state index contributed by atoms with van der Waals surface area (Å²) in [5, 5.41) is 2.85. The highest BCUT2D eigenvalue weighted by atomic mass is 32.2. The van der Waals surface area contributed by atoms with Crippen molar-refractivity contribution in [3.63, 3.8) is 0 Å². The predicted octanol–water partition coefficient (Wildman–Crippen LogP) is 3.90. The van der Waals surface area contributed by atoms with E-state index >= 15 is 0 Å². The number of carbonyl (C=O) groups excluding carboxylic acids is 1. The summed E-state index contributed by atoms with van der Waals surface area (Å²) in [7, 11) is -3.63. The zero-order valence-electron chi connectivity index (χ0n) is 15.4. The first-order valence-corrected chi connectivity index (χ1v) is 11.3. The number of hydrogen-bond donors (Lipinski definition) is 1. The number of carbonyl (C=O) groups is 1. The maximum atomic E-state index is 12.9. The van der Waals surface area contributed by atoms with E-state index in [4.69, 9.17) is 0 Å². The average Bonchev–Trinajstić information content (AvgIpc) is 2.58. The molecule has 2 rings (SSSR count). The lowest BCUT2D eigenvalue weighted by atomic mass is 10.1. The Balaban J connectivity index is 2.36. The van der Waals surface area contributed by atoms with Crippen molar-refractivity contribution in [2.24, 2.45) is 0 Å². The van der Waals surface area contributed by atoms with Gasteiger partial charge in [0.2, 0.25) is 15.9 Å². The second kappa shape index (κ2) is 8.60. The van der Waals surface area contributed by atoms with Crippen molar-refractivity contribution in [1.29, 1.82) is 0 Å². The van der Waals surface area contributed by atoms with Crippen LogP contribution in [0.5, 0.6) is 0 Å². The third kappa shape index (κ3) is 5.02. The molecular weight excluding hydrogens is 368 g/mol. The second-order valence-electron chi connectivity index (χ2n) is 6.04. The molecule has 0 bridgehead atoms. The first-order valence-electron chi connectivity index (χ1n) is 8.27. The van der Waals surface area contributed by atoms with Crippen molar-refractivity contribution in [1.82, 2.24) is 0 Å². The second-order valence-corrected chi connectivity index (χ2v) is 8.78. The molecule has 0 aromatic heterocycles. The van der Waals surface area contributed by atoms with E-state index in [0.29, 0.717) is 17.8 Å². The lowest BCUT2D eigenvalue weighted by Crippen LogP contribution is -2.47. The van der Waals surface area contributed by atoms with Gasteiger partial charge < -0.3 is 5.32 Å². The summed E-state index contributed by atoms with van der Waals surface area (Å²) in [6, 6.07) is 13.8. The molecule has 7 heteroatoms. The fourth-order valence-corrected chi connectivity index (χ4v) is 4.41. The molecule has 26 heavy (non-hydrogen) atoms. The van der Waals surface area contributed by atoms with Crippen LogP contribution in [0.25, 0.3) is 0 Å². The molecule has 1 atom stereocenters. The Hall–Kier alpha value is -1.99. The average molecular weight is 393 g/mol. The standard InChI is InChI=1S/C19H24N2O3S2/c1-5-18(19(22)20-15-9-7-11-17(13-15)25-3)21(26(4,23)24)16-10-6-8-14(2)12-16/h6-13,18H,5H2,1-4H3,(H,20,22). The molecule has 0 radical (unpaired) electrons. The van der Waals surface area contributed by atoms with Crippen LogP contribution < -0.4 is 9.62 Å². The van der Waals surface area contributed by atoms with E-state index < -0.39 is 16.1 Å². The topological polar surface area (TPSA) is 66.5 Å². The van der Waals surface area contributed by atoms with Crippen molar-refractivity contribution >= 4 is 39.1 Å². The maximum Gasteiger partial charge on any atom is 0.248 e. The number of aryl methyl sites for hydroxylation is 1. The molecule has 140 valence electrons. The molecule has 0 aliphatic heterocycles. The van der Waals surface area contributed by atoms with Crippen LogP contribution in [0, 0.1) is 6.92 Å². The van der Waals surface area contributed by atoms with E-state index in [1.165, 1.54) is 4.31 Å². The Labute approximate surface area is 159 Å². The Kier molecular flexibility index (Phi) is 6.72. The molecule has 2 aromatic carbocycles. The lowest BCUT2D eigenvalue weighted by Gasteiger charge is -2.30. The number of nitrogens with one attached hydrogen (secondary N) is 1. The van der Waals surface area contributed by atoms with Gasteiger partial charge in [-0.3, -0.25) is 9.10 Å². The Morgan fingerprint density at radius 1 is 1.19 bits per heavy atom. The van der Waals surface area contributed by atoms with Crippen LogP contribution in [0.2, 0.25) is 0 Å². The number of benzene rings is 2. The molecule has 0 aliphatic carbocycles. The van der Waals surface area contributed by atoms with Gasteiger partial charge in [0.05, 0.1) is 11.9 Å². The van der Waals surface area contributed by atoms with Crippen LogP contribution in [0.3, 0.4) is 0 Å². The van der Waals surface area contributed by atoms with Crippen LogP contribution in [0.15, 0.2) is 53.4 Å². The molecule has 0 saturated heterocycles. The third-order valence-corrected chi connectivity index (χ3v) is 5.83. The lowest BCUT2D eigenvalue weighted by molar-refractivity contribution is -0.117. The Morgan fingerprint density at radius 3 is 2.46 bits per heavy atom. The summed E-state index contributed by atoms with van der Waals surface area (Å²) >= 11 is 1.58. The van der Waals surface area contributed by atoms with Crippen molar-refractivity contribution in [3.8, 4) is 0 Å². The van der Waals surface area contributed by atoms with E-state index in [2.05, 4.69) is 5.32 Å². The number of anilines is 2. The molecule has 0 heterocycles. The minimum atomic E-state index is -3.63. The van der Waals surface area contributed by atoms with Gasteiger partial charge in [0.15, 0.2) is 0 Å². The first-order chi connectivity index (χ1) is 12.3. The molecule has 5 nitrogen and oxygen atoms in total. The monoisotopic (exact) mass is 392 g/mol. The summed E-state index contributed by atoms with van der Waals surface area (Å²) in [5.74, 6) is -0.349. The molecule has 0 spiro atoms. The maximum absolute atomic E-state index is 12.9. The normalized spacial score (nSPS) is 12.5. The molecular formula is C19H24N2O3S2. The predicted molar refractivity (Wildman–Crippen MR) is 109 cm³/mol. The zero-order valence-corrected chi connectivity index (χ0v) is 17.0. The fraction of sp³-hybridized carbons (Fsp3) is 0.316. The highest BCUT2D eigenvalue weighted by molar-refractivity contribution is 7.98. The third-order valence-electron chi connectivity index (χ3n) is 3.92. The molecule has 0 aliphatic rings. The number of thioether (sulfide) groups is 1. The number of amides is 1. The van der Waals surface area contributed by atoms with Crippen LogP contribution in [-0.4, -0.2) is 32.9 Å². The molecule has 0 fully saturated rings. The zero-order chi connectivity index (χ0) is 19.3. The van der Waals surface area contributed by atoms with Crippen molar-refractivity contribution < 1.29 is 13.2 Å². The van der Waals surface area contributed by atoms with E-state index in [9.17, 15) is 13.2 Å². The van der Waals surface area contributed by atoms with Crippen LogP contribution in [0.1, 0.15) is 18.9 Å². The number of hydrogen-bond acceptors (Lipinski definition) is 4. The summed E-state index contributed by atoms with van der Waals surface area (Å²) in [6.07, 6.45) is 3.44. The van der Waals surface area contributed by atoms with Crippen LogP contribution in [0.4, 0.5) is 11.4 Å². The van der Waals surface area contributed by atoms with Gasteiger partial charge in [-0.15, -0.1) is 11.8 Å². The van der Waals surface area contributed by atoms with Gasteiger partial charge in [0.1, 0.15) is 6.04 Å². The highest BCUT2D eigenvalue weighted by Gasteiger charge is 2.31. The van der Waals surface area contributed by atoms with E-state index in [0.717, 1.165) is 16.7 Å². The summed E-state index contributed by atoms with van der Waals surface area (Å²) < 4.78 is 26.1. The van der Waals surface area contributed by atoms with Gasteiger partial charge in [0.25, 0.3) is 0 Å². The molecule has 0 saturated carbocycles. The molecule has 1 amide bonds. The van der Waals surface area contributed by atoms with E-state index in [1.54, 1.807) is 43.0 Å². The van der Waals surface area contributed by atoms with Crippen molar-refractivity contribution in [2.45, 2.75) is 31.2 Å². The van der Waals surface area contributed by atoms with Gasteiger partial charge in [-0.1, -0.05) is 25.1 Å².